The molecule has 8 nitrogen and oxygen atoms in total. The van der Waals surface area contributed by atoms with Crippen molar-refractivity contribution in [1.82, 2.24) is 24.2 Å². The van der Waals surface area contributed by atoms with Crippen LogP contribution >= 0.6 is 11.6 Å². The lowest BCUT2D eigenvalue weighted by atomic mass is 10.3. The lowest BCUT2D eigenvalue weighted by Gasteiger charge is -2.09. The highest BCUT2D eigenvalue weighted by atomic mass is 35.5. The van der Waals surface area contributed by atoms with E-state index in [0.717, 1.165) is 11.0 Å². The Bertz CT molecular complexity index is 1260. The molecular weight excluding hydrogens is 424 g/mol. The zero-order chi connectivity index (χ0) is 21.0. The van der Waals surface area contributed by atoms with Gasteiger partial charge in [0.05, 0.1) is 15.9 Å². The van der Waals surface area contributed by atoms with Crippen LogP contribution in [0.15, 0.2) is 72.0 Å². The predicted molar refractivity (Wildman–Crippen MR) is 116 cm³/mol. The number of fused-ring (bicyclic) bond motifs is 1. The lowest BCUT2D eigenvalue weighted by molar-refractivity contribution is 0.580. The molecule has 0 radical (unpaired) electrons. The number of rotatable bonds is 8. The fourth-order valence-electron chi connectivity index (χ4n) is 2.90. The average Bonchev–Trinajstić information content (AvgIpc) is 3.18. The molecule has 30 heavy (non-hydrogen) atoms. The molecule has 2 aromatic heterocycles. The van der Waals surface area contributed by atoms with Gasteiger partial charge in [-0.3, -0.25) is 4.57 Å². The van der Waals surface area contributed by atoms with Gasteiger partial charge in [-0.1, -0.05) is 23.7 Å². The Hall–Kier alpha value is -3.01. The first-order valence-corrected chi connectivity index (χ1v) is 11.1. The molecule has 154 valence electrons. The summed E-state index contributed by atoms with van der Waals surface area (Å²) in [7, 11) is -3.56. The number of benzene rings is 2. The van der Waals surface area contributed by atoms with Gasteiger partial charge in [0.1, 0.15) is 12.1 Å². The number of nitrogens with one attached hydrogen (secondary N) is 2. The van der Waals surface area contributed by atoms with Gasteiger partial charge in [-0.2, -0.15) is 4.98 Å². The number of imidazole rings is 1. The minimum atomic E-state index is -3.56. The molecule has 2 aromatic carbocycles. The van der Waals surface area contributed by atoms with Gasteiger partial charge in [-0.25, -0.2) is 23.1 Å². The highest BCUT2D eigenvalue weighted by Crippen LogP contribution is 2.17. The van der Waals surface area contributed by atoms with Gasteiger partial charge < -0.3 is 5.32 Å². The molecule has 0 aliphatic carbocycles. The van der Waals surface area contributed by atoms with Crippen LogP contribution in [0.5, 0.6) is 0 Å². The van der Waals surface area contributed by atoms with E-state index < -0.39 is 10.0 Å². The van der Waals surface area contributed by atoms with E-state index in [9.17, 15) is 8.42 Å². The highest BCUT2D eigenvalue weighted by Gasteiger charge is 2.12. The second-order valence-electron chi connectivity index (χ2n) is 6.47. The van der Waals surface area contributed by atoms with E-state index in [1.807, 2.05) is 28.8 Å². The van der Waals surface area contributed by atoms with Crippen molar-refractivity contribution < 1.29 is 8.42 Å². The third kappa shape index (κ3) is 4.59. The van der Waals surface area contributed by atoms with E-state index in [2.05, 4.69) is 25.0 Å². The van der Waals surface area contributed by atoms with Crippen molar-refractivity contribution in [1.29, 1.82) is 0 Å². The Balaban J connectivity index is 1.33. The molecule has 0 aliphatic heterocycles. The van der Waals surface area contributed by atoms with Crippen LogP contribution in [0.2, 0.25) is 5.02 Å². The van der Waals surface area contributed by atoms with Gasteiger partial charge in [0.2, 0.25) is 16.0 Å². The molecule has 4 aromatic rings. The molecule has 0 bridgehead atoms. The Morgan fingerprint density at radius 2 is 1.77 bits per heavy atom. The van der Waals surface area contributed by atoms with Crippen LogP contribution in [0.4, 0.5) is 5.95 Å². The van der Waals surface area contributed by atoms with E-state index in [0.29, 0.717) is 29.8 Å². The molecule has 4 rings (SSSR count). The van der Waals surface area contributed by atoms with Crippen LogP contribution in [0.3, 0.4) is 0 Å². The smallest absolute Gasteiger partial charge is 0.240 e. The molecule has 0 saturated heterocycles. The molecule has 0 amide bonds. The molecule has 0 aliphatic rings. The number of sulfonamides is 1. The van der Waals surface area contributed by atoms with Gasteiger partial charge in [-0.05, 0) is 48.9 Å². The molecule has 0 saturated carbocycles. The maximum Gasteiger partial charge on any atom is 0.240 e. The van der Waals surface area contributed by atoms with Crippen LogP contribution in [0.25, 0.3) is 16.9 Å². The van der Waals surface area contributed by atoms with Gasteiger partial charge in [0, 0.05) is 24.3 Å². The number of hydrogen-bond donors (Lipinski definition) is 2. The Morgan fingerprint density at radius 3 is 2.60 bits per heavy atom. The number of nitrogens with zero attached hydrogens (tertiary/aromatic N) is 4. The maximum atomic E-state index is 12.3. The second-order valence-corrected chi connectivity index (χ2v) is 8.68. The van der Waals surface area contributed by atoms with Crippen molar-refractivity contribution in [3.8, 4) is 5.82 Å². The summed E-state index contributed by atoms with van der Waals surface area (Å²) in [5.41, 5.74) is 1.84. The van der Waals surface area contributed by atoms with Crippen LogP contribution in [-0.2, 0) is 10.0 Å². The fraction of sp³-hybridized carbons (Fsp3) is 0.150. The minimum absolute atomic E-state index is 0.184. The summed E-state index contributed by atoms with van der Waals surface area (Å²) in [6.45, 7) is 0.793. The number of anilines is 1. The molecule has 2 heterocycles. The zero-order valence-electron chi connectivity index (χ0n) is 15.9. The van der Waals surface area contributed by atoms with Crippen molar-refractivity contribution in [2.45, 2.75) is 11.3 Å². The maximum absolute atomic E-state index is 12.3. The third-order valence-corrected chi connectivity index (χ3v) is 6.12. The van der Waals surface area contributed by atoms with Gasteiger partial charge >= 0.3 is 0 Å². The summed E-state index contributed by atoms with van der Waals surface area (Å²) in [4.78, 5) is 13.3. The molecular formula is C20H19ClN6O2S. The number of aromatic nitrogens is 4. The largest absolute Gasteiger partial charge is 0.354 e. The standard InChI is InChI=1S/C20H19ClN6O2S/c21-15-6-8-16(9-7-15)30(28,29)25-12-3-11-22-20-23-13-10-19(26-20)27-14-24-17-4-1-2-5-18(17)27/h1-2,4-10,13-14,25H,3,11-12H2,(H,22,23,26). The topological polar surface area (TPSA) is 102 Å². The Morgan fingerprint density at radius 1 is 0.967 bits per heavy atom. The van der Waals surface area contributed by atoms with Crippen molar-refractivity contribution in [3.05, 3.63) is 72.1 Å². The van der Waals surface area contributed by atoms with E-state index >= 15 is 0 Å². The molecule has 10 heteroatoms. The summed E-state index contributed by atoms with van der Waals surface area (Å²) < 4.78 is 29.0. The van der Waals surface area contributed by atoms with E-state index in [1.54, 1.807) is 30.7 Å². The second kappa shape index (κ2) is 8.78. The van der Waals surface area contributed by atoms with Crippen molar-refractivity contribution in [2.75, 3.05) is 18.4 Å². The normalized spacial score (nSPS) is 11.6. The monoisotopic (exact) mass is 442 g/mol. The minimum Gasteiger partial charge on any atom is -0.354 e. The number of para-hydroxylation sites is 2. The first-order valence-electron chi connectivity index (χ1n) is 9.27. The molecule has 0 spiro atoms. The summed E-state index contributed by atoms with van der Waals surface area (Å²) in [6, 6.07) is 15.7. The van der Waals surface area contributed by atoms with E-state index in [4.69, 9.17) is 11.6 Å². The summed E-state index contributed by atoms with van der Waals surface area (Å²) in [5.74, 6) is 1.16. The van der Waals surface area contributed by atoms with Crippen molar-refractivity contribution >= 4 is 38.6 Å². The fourth-order valence-corrected chi connectivity index (χ4v) is 4.10. The molecule has 0 unspecified atom stereocenters. The molecule has 2 N–H and O–H groups in total. The summed E-state index contributed by atoms with van der Waals surface area (Å²) in [5, 5.41) is 3.61. The average molecular weight is 443 g/mol. The Labute approximate surface area is 179 Å². The quantitative estimate of drug-likeness (QED) is 0.406. The van der Waals surface area contributed by atoms with Crippen LogP contribution in [-0.4, -0.2) is 41.0 Å². The predicted octanol–water partition coefficient (Wildman–Crippen LogP) is 3.25. The first kappa shape index (κ1) is 20.3. The van der Waals surface area contributed by atoms with Crippen LogP contribution in [0, 0.1) is 0 Å². The Kier molecular flexibility index (Phi) is 5.93. The zero-order valence-corrected chi connectivity index (χ0v) is 17.4. The van der Waals surface area contributed by atoms with E-state index in [-0.39, 0.29) is 11.4 Å². The van der Waals surface area contributed by atoms with Crippen molar-refractivity contribution in [2.24, 2.45) is 0 Å². The lowest BCUT2D eigenvalue weighted by Crippen LogP contribution is -2.26. The third-order valence-electron chi connectivity index (χ3n) is 4.39. The van der Waals surface area contributed by atoms with Crippen molar-refractivity contribution in [3.63, 3.8) is 0 Å². The van der Waals surface area contributed by atoms with E-state index in [1.165, 1.54) is 12.1 Å². The summed E-state index contributed by atoms with van der Waals surface area (Å²) >= 11 is 5.80. The summed E-state index contributed by atoms with van der Waals surface area (Å²) in [6.07, 6.45) is 3.96. The highest BCUT2D eigenvalue weighted by molar-refractivity contribution is 7.89. The molecule has 0 atom stereocenters. The van der Waals surface area contributed by atoms with Crippen LogP contribution in [0.1, 0.15) is 6.42 Å². The number of halogens is 1. The number of hydrogen-bond acceptors (Lipinski definition) is 6. The SMILES string of the molecule is O=S(=O)(NCCCNc1nccc(-n2cnc3ccccc32)n1)c1ccc(Cl)cc1. The van der Waals surface area contributed by atoms with Gasteiger partial charge in [0.25, 0.3) is 0 Å². The molecule has 0 fully saturated rings. The van der Waals surface area contributed by atoms with Gasteiger partial charge in [-0.15, -0.1) is 0 Å². The van der Waals surface area contributed by atoms with Crippen LogP contribution < -0.4 is 10.0 Å². The first-order chi connectivity index (χ1) is 14.5. The van der Waals surface area contributed by atoms with Gasteiger partial charge in [0.15, 0.2) is 0 Å².